The predicted octanol–water partition coefficient (Wildman–Crippen LogP) is 3.98. The van der Waals surface area contributed by atoms with Crippen molar-refractivity contribution in [1.29, 1.82) is 0 Å². The van der Waals surface area contributed by atoms with E-state index >= 15 is 0 Å². The van der Waals surface area contributed by atoms with E-state index in [1.54, 1.807) is 12.1 Å². The third-order valence-corrected chi connectivity index (χ3v) is 5.99. The number of halogens is 2. The number of aromatic nitrogens is 1. The van der Waals surface area contributed by atoms with Gasteiger partial charge in [-0.3, -0.25) is 4.79 Å². The Morgan fingerprint density at radius 3 is 2.69 bits per heavy atom. The molecular formula is C19H17ClFN3OS. The van der Waals surface area contributed by atoms with Gasteiger partial charge in [0.05, 0.1) is 16.6 Å². The number of fused-ring (bicyclic) bond motifs is 1. The fourth-order valence-corrected chi connectivity index (χ4v) is 4.33. The minimum atomic E-state index is -0.248. The maximum atomic E-state index is 13.3. The average Bonchev–Trinajstić information content (AvgIpc) is 3.07. The van der Waals surface area contributed by atoms with Crippen LogP contribution in [0, 0.1) is 5.82 Å². The first kappa shape index (κ1) is 17.2. The Balaban J connectivity index is 1.40. The molecule has 1 aliphatic rings. The third kappa shape index (κ3) is 3.52. The summed E-state index contributed by atoms with van der Waals surface area (Å²) in [5.74, 6) is -0.160. The average molecular weight is 390 g/mol. The lowest BCUT2D eigenvalue weighted by Crippen LogP contribution is -2.49. The molecule has 0 unspecified atom stereocenters. The summed E-state index contributed by atoms with van der Waals surface area (Å²) in [6, 6.07) is 12.1. The maximum absolute atomic E-state index is 13.3. The van der Waals surface area contributed by atoms with E-state index < -0.39 is 0 Å². The van der Waals surface area contributed by atoms with Gasteiger partial charge in [-0.25, -0.2) is 9.37 Å². The van der Waals surface area contributed by atoms with Gasteiger partial charge in [-0.1, -0.05) is 41.1 Å². The van der Waals surface area contributed by atoms with Crippen LogP contribution in [0.1, 0.15) is 5.56 Å². The van der Waals surface area contributed by atoms with Gasteiger partial charge in [0.2, 0.25) is 5.91 Å². The fraction of sp³-hybridized carbons (Fsp3) is 0.263. The highest BCUT2D eigenvalue weighted by Crippen LogP contribution is 2.30. The predicted molar refractivity (Wildman–Crippen MR) is 104 cm³/mol. The number of hydrogen-bond donors (Lipinski definition) is 0. The zero-order valence-electron chi connectivity index (χ0n) is 14.0. The Morgan fingerprint density at radius 2 is 1.92 bits per heavy atom. The van der Waals surface area contributed by atoms with E-state index in [1.165, 1.54) is 23.5 Å². The number of carbonyl (C=O) groups is 1. The summed E-state index contributed by atoms with van der Waals surface area (Å²) in [7, 11) is 0. The van der Waals surface area contributed by atoms with Crippen molar-refractivity contribution in [1.82, 2.24) is 9.88 Å². The monoisotopic (exact) mass is 389 g/mol. The molecule has 0 radical (unpaired) electrons. The molecule has 4 rings (SSSR count). The smallest absolute Gasteiger partial charge is 0.227 e. The molecule has 0 N–H and O–H groups in total. The molecule has 134 valence electrons. The van der Waals surface area contributed by atoms with Gasteiger partial charge in [-0.05, 0) is 29.8 Å². The van der Waals surface area contributed by atoms with Gasteiger partial charge in [0.15, 0.2) is 5.13 Å². The number of carbonyl (C=O) groups excluding carboxylic acids is 1. The van der Waals surface area contributed by atoms with Gasteiger partial charge < -0.3 is 9.80 Å². The van der Waals surface area contributed by atoms with Crippen LogP contribution in [0.2, 0.25) is 5.02 Å². The van der Waals surface area contributed by atoms with Crippen LogP contribution in [0.3, 0.4) is 0 Å². The highest BCUT2D eigenvalue weighted by molar-refractivity contribution is 7.22. The molecule has 2 heterocycles. The van der Waals surface area contributed by atoms with Crippen LogP contribution in [-0.4, -0.2) is 42.0 Å². The van der Waals surface area contributed by atoms with E-state index in [-0.39, 0.29) is 11.7 Å². The molecule has 1 fully saturated rings. The molecule has 0 bridgehead atoms. The second kappa shape index (κ2) is 7.21. The van der Waals surface area contributed by atoms with Crippen molar-refractivity contribution >= 4 is 44.2 Å². The molecule has 0 saturated carbocycles. The molecule has 0 aliphatic carbocycles. The van der Waals surface area contributed by atoms with Crippen LogP contribution in [0.5, 0.6) is 0 Å². The molecular weight excluding hydrogens is 373 g/mol. The Kier molecular flexibility index (Phi) is 4.78. The number of amides is 1. The zero-order valence-corrected chi connectivity index (χ0v) is 15.6. The summed E-state index contributed by atoms with van der Waals surface area (Å²) in [5, 5.41) is 1.50. The summed E-state index contributed by atoms with van der Waals surface area (Å²) >= 11 is 7.63. The van der Waals surface area contributed by atoms with Crippen molar-refractivity contribution in [3.8, 4) is 0 Å². The first-order chi connectivity index (χ1) is 12.6. The number of piperazine rings is 1. The van der Waals surface area contributed by atoms with Crippen molar-refractivity contribution in [2.24, 2.45) is 0 Å². The van der Waals surface area contributed by atoms with Crippen molar-refractivity contribution in [3.63, 3.8) is 0 Å². The lowest BCUT2D eigenvalue weighted by molar-refractivity contribution is -0.130. The topological polar surface area (TPSA) is 36.4 Å². The molecule has 0 atom stereocenters. The zero-order chi connectivity index (χ0) is 18.1. The second-order valence-corrected chi connectivity index (χ2v) is 7.66. The first-order valence-electron chi connectivity index (χ1n) is 8.42. The Hall–Kier alpha value is -2.18. The van der Waals surface area contributed by atoms with Crippen LogP contribution >= 0.6 is 22.9 Å². The van der Waals surface area contributed by atoms with E-state index in [9.17, 15) is 9.18 Å². The summed E-state index contributed by atoms with van der Waals surface area (Å²) in [5.41, 5.74) is 1.67. The maximum Gasteiger partial charge on any atom is 0.227 e. The van der Waals surface area contributed by atoms with Crippen LogP contribution in [-0.2, 0) is 11.2 Å². The molecule has 1 aliphatic heterocycles. The van der Waals surface area contributed by atoms with Gasteiger partial charge in [-0.2, -0.15) is 0 Å². The molecule has 1 aromatic heterocycles. The first-order valence-corrected chi connectivity index (χ1v) is 9.62. The highest BCUT2D eigenvalue weighted by Gasteiger charge is 2.23. The van der Waals surface area contributed by atoms with Crippen molar-refractivity contribution in [2.75, 3.05) is 31.1 Å². The van der Waals surface area contributed by atoms with Crippen LogP contribution < -0.4 is 4.90 Å². The molecule has 4 nitrogen and oxygen atoms in total. The van der Waals surface area contributed by atoms with Gasteiger partial charge in [0.1, 0.15) is 5.82 Å². The number of nitrogens with zero attached hydrogens (tertiary/aromatic N) is 3. The fourth-order valence-electron chi connectivity index (χ4n) is 3.09. The van der Waals surface area contributed by atoms with Crippen LogP contribution in [0.25, 0.3) is 10.2 Å². The minimum absolute atomic E-state index is 0.0871. The molecule has 26 heavy (non-hydrogen) atoms. The lowest BCUT2D eigenvalue weighted by atomic mass is 10.1. The van der Waals surface area contributed by atoms with E-state index in [0.29, 0.717) is 24.5 Å². The Labute approximate surface area is 159 Å². The van der Waals surface area contributed by atoms with Gasteiger partial charge in [-0.15, -0.1) is 0 Å². The molecule has 0 spiro atoms. The summed E-state index contributed by atoms with van der Waals surface area (Å²) in [4.78, 5) is 21.1. The molecule has 3 aromatic rings. The van der Waals surface area contributed by atoms with E-state index in [4.69, 9.17) is 11.6 Å². The number of hydrogen-bond acceptors (Lipinski definition) is 4. The van der Waals surface area contributed by atoms with Gasteiger partial charge in [0, 0.05) is 31.2 Å². The van der Waals surface area contributed by atoms with Crippen LogP contribution in [0.4, 0.5) is 9.52 Å². The largest absolute Gasteiger partial charge is 0.345 e. The summed E-state index contributed by atoms with van der Waals surface area (Å²) < 4.78 is 14.2. The van der Waals surface area contributed by atoms with Crippen LogP contribution in [0.15, 0.2) is 42.5 Å². The number of rotatable bonds is 3. The normalized spacial score (nSPS) is 14.8. The summed E-state index contributed by atoms with van der Waals surface area (Å²) in [6.45, 7) is 2.73. The Morgan fingerprint density at radius 1 is 1.15 bits per heavy atom. The number of benzene rings is 2. The second-order valence-electron chi connectivity index (χ2n) is 6.24. The van der Waals surface area contributed by atoms with Crippen molar-refractivity contribution in [2.45, 2.75) is 6.42 Å². The molecule has 7 heteroatoms. The minimum Gasteiger partial charge on any atom is -0.345 e. The summed E-state index contributed by atoms with van der Waals surface area (Å²) in [6.07, 6.45) is 0.320. The van der Waals surface area contributed by atoms with E-state index in [0.717, 1.165) is 34.0 Å². The third-order valence-electron chi connectivity index (χ3n) is 4.54. The lowest BCUT2D eigenvalue weighted by Gasteiger charge is -2.34. The molecule has 1 amide bonds. The van der Waals surface area contributed by atoms with Crippen molar-refractivity contribution < 1.29 is 9.18 Å². The number of anilines is 1. The Bertz CT molecular complexity index is 953. The highest BCUT2D eigenvalue weighted by atomic mass is 35.5. The van der Waals surface area contributed by atoms with Gasteiger partial charge in [0.25, 0.3) is 0 Å². The molecule has 1 saturated heterocycles. The number of thiazole rings is 1. The molecule has 2 aromatic carbocycles. The standard InChI is InChI=1S/C19H17ClFN3OS/c20-15-4-2-1-3-13(15)11-18(25)23-7-9-24(10-8-23)19-22-16-6-5-14(21)12-17(16)26-19/h1-6,12H,7-11H2. The van der Waals surface area contributed by atoms with Crippen molar-refractivity contribution in [3.05, 3.63) is 58.9 Å². The van der Waals surface area contributed by atoms with E-state index in [1.807, 2.05) is 23.1 Å². The van der Waals surface area contributed by atoms with Gasteiger partial charge >= 0.3 is 0 Å². The SMILES string of the molecule is O=C(Cc1ccccc1Cl)N1CCN(c2nc3ccc(F)cc3s2)CC1. The van der Waals surface area contributed by atoms with E-state index in [2.05, 4.69) is 9.88 Å². The quantitative estimate of drug-likeness (QED) is 0.679.